The molecule has 0 spiro atoms. The molecule has 2 aromatic heterocycles. The number of dihydropyridines is 1. The van der Waals surface area contributed by atoms with Crippen LogP contribution in [0.25, 0.3) is 11.0 Å². The lowest BCUT2D eigenvalue weighted by Gasteiger charge is -2.34. The molecule has 0 bridgehead atoms. The standard InChI is InChI=1S/C31H33N5O/c1-22(30-9-5-17-37-30)33-19-23-10-12-24(13-11-23)20-36(21-31-34-28-7-2-3-8-29(28)35-31)26-14-15-27-25(18-26)6-4-16-32-27/h2-13,16-18,22,26-27,33H,14-15,19-21H2,1H3,(H,34,35). The molecule has 37 heavy (non-hydrogen) atoms. The van der Waals surface area contributed by atoms with Crippen LogP contribution in [0.2, 0.25) is 0 Å². The van der Waals surface area contributed by atoms with E-state index in [4.69, 9.17) is 9.40 Å². The van der Waals surface area contributed by atoms with E-state index in [9.17, 15) is 0 Å². The Hall–Kier alpha value is -3.74. The third-order valence-electron chi connectivity index (χ3n) is 7.40. The molecule has 1 aliphatic carbocycles. The number of nitrogens with zero attached hydrogens (tertiary/aromatic N) is 3. The van der Waals surface area contributed by atoms with Gasteiger partial charge in [-0.25, -0.2) is 4.98 Å². The summed E-state index contributed by atoms with van der Waals surface area (Å²) in [5.41, 5.74) is 6.00. The first-order valence-electron chi connectivity index (χ1n) is 13.1. The van der Waals surface area contributed by atoms with Gasteiger partial charge >= 0.3 is 0 Å². The summed E-state index contributed by atoms with van der Waals surface area (Å²) < 4.78 is 5.51. The fourth-order valence-corrected chi connectivity index (χ4v) is 5.30. The minimum absolute atomic E-state index is 0.176. The molecule has 188 valence electrons. The molecule has 3 atom stereocenters. The first kappa shape index (κ1) is 23.6. The Morgan fingerprint density at radius 1 is 1.03 bits per heavy atom. The van der Waals surface area contributed by atoms with Gasteiger partial charge in [-0.3, -0.25) is 9.89 Å². The first-order valence-corrected chi connectivity index (χ1v) is 13.1. The molecule has 6 nitrogen and oxygen atoms in total. The lowest BCUT2D eigenvalue weighted by atomic mass is 9.89. The van der Waals surface area contributed by atoms with Gasteiger partial charge in [0.05, 0.1) is 35.9 Å². The van der Waals surface area contributed by atoms with Gasteiger partial charge in [-0.15, -0.1) is 0 Å². The van der Waals surface area contributed by atoms with Crippen molar-refractivity contribution in [2.45, 2.75) is 57.5 Å². The number of rotatable bonds is 9. The minimum Gasteiger partial charge on any atom is -0.468 e. The number of aromatic amines is 1. The van der Waals surface area contributed by atoms with E-state index in [1.807, 2.05) is 30.5 Å². The van der Waals surface area contributed by atoms with Crippen molar-refractivity contribution in [2.75, 3.05) is 0 Å². The van der Waals surface area contributed by atoms with Gasteiger partial charge in [-0.2, -0.15) is 0 Å². The summed E-state index contributed by atoms with van der Waals surface area (Å²) in [4.78, 5) is 15.6. The fraction of sp³-hybridized carbons (Fsp3) is 0.290. The molecule has 0 fully saturated rings. The Labute approximate surface area is 217 Å². The summed E-state index contributed by atoms with van der Waals surface area (Å²) in [5, 5.41) is 3.54. The predicted molar refractivity (Wildman–Crippen MR) is 148 cm³/mol. The van der Waals surface area contributed by atoms with Crippen LogP contribution >= 0.6 is 0 Å². The summed E-state index contributed by atoms with van der Waals surface area (Å²) in [7, 11) is 0. The smallest absolute Gasteiger partial charge is 0.121 e. The third kappa shape index (κ3) is 5.50. The molecule has 1 aliphatic heterocycles. The lowest BCUT2D eigenvalue weighted by Crippen LogP contribution is -2.37. The van der Waals surface area contributed by atoms with E-state index in [1.54, 1.807) is 6.26 Å². The van der Waals surface area contributed by atoms with Crippen molar-refractivity contribution in [3.8, 4) is 0 Å². The Balaban J connectivity index is 1.18. The van der Waals surface area contributed by atoms with Gasteiger partial charge in [-0.05, 0) is 66.8 Å². The maximum Gasteiger partial charge on any atom is 0.121 e. The number of allylic oxidation sites excluding steroid dienone is 1. The van der Waals surface area contributed by atoms with Gasteiger partial charge in [-0.1, -0.05) is 48.6 Å². The van der Waals surface area contributed by atoms with Crippen molar-refractivity contribution >= 4 is 17.2 Å². The number of hydrogen-bond donors (Lipinski definition) is 2. The highest BCUT2D eigenvalue weighted by atomic mass is 16.3. The average molecular weight is 492 g/mol. The quantitative estimate of drug-likeness (QED) is 0.297. The maximum absolute atomic E-state index is 5.51. The minimum atomic E-state index is 0.176. The van der Waals surface area contributed by atoms with Crippen molar-refractivity contribution in [1.29, 1.82) is 0 Å². The van der Waals surface area contributed by atoms with Crippen LogP contribution in [0.5, 0.6) is 0 Å². The second kappa shape index (κ2) is 10.7. The number of benzene rings is 2. The Kier molecular flexibility index (Phi) is 6.84. The molecule has 6 heteroatoms. The summed E-state index contributed by atoms with van der Waals surface area (Å²) in [6.07, 6.45) is 12.5. The number of hydrogen-bond acceptors (Lipinski definition) is 5. The van der Waals surface area contributed by atoms with Gasteiger partial charge in [0, 0.05) is 25.3 Å². The number of para-hydroxylation sites is 2. The summed E-state index contributed by atoms with van der Waals surface area (Å²) in [6, 6.07) is 22.0. The number of nitrogens with one attached hydrogen (secondary N) is 2. The number of fused-ring (bicyclic) bond motifs is 2. The lowest BCUT2D eigenvalue weighted by molar-refractivity contribution is 0.188. The molecule has 4 aromatic rings. The SMILES string of the molecule is CC(NCc1ccc(CN(Cc2nc3ccccc3[nH]2)C2C=C3C=CC=NC3CC2)cc1)c1ccco1. The Morgan fingerprint density at radius 2 is 1.89 bits per heavy atom. The number of imidazole rings is 1. The zero-order valence-electron chi connectivity index (χ0n) is 21.2. The topological polar surface area (TPSA) is 69.5 Å². The van der Waals surface area contributed by atoms with Crippen LogP contribution in [0.1, 0.15) is 48.5 Å². The Bertz CT molecular complexity index is 1380. The van der Waals surface area contributed by atoms with Crippen LogP contribution in [0.3, 0.4) is 0 Å². The molecular weight excluding hydrogens is 458 g/mol. The van der Waals surface area contributed by atoms with Crippen LogP contribution in [0, 0.1) is 0 Å². The number of H-pyrrole nitrogens is 1. The van der Waals surface area contributed by atoms with E-state index < -0.39 is 0 Å². The van der Waals surface area contributed by atoms with Crippen LogP contribution < -0.4 is 5.32 Å². The highest BCUT2D eigenvalue weighted by Crippen LogP contribution is 2.29. The predicted octanol–water partition coefficient (Wildman–Crippen LogP) is 6.11. The van der Waals surface area contributed by atoms with Crippen LogP contribution in [0.4, 0.5) is 0 Å². The molecule has 0 saturated carbocycles. The second-order valence-corrected chi connectivity index (χ2v) is 10.0. The molecule has 0 saturated heterocycles. The van der Waals surface area contributed by atoms with E-state index >= 15 is 0 Å². The van der Waals surface area contributed by atoms with Gasteiger partial charge in [0.15, 0.2) is 0 Å². The maximum atomic E-state index is 5.51. The second-order valence-electron chi connectivity index (χ2n) is 10.0. The van der Waals surface area contributed by atoms with E-state index in [-0.39, 0.29) is 6.04 Å². The summed E-state index contributed by atoms with van der Waals surface area (Å²) >= 11 is 0. The van der Waals surface area contributed by atoms with Gasteiger partial charge in [0.25, 0.3) is 0 Å². The molecule has 0 amide bonds. The van der Waals surface area contributed by atoms with Crippen molar-refractivity contribution < 1.29 is 4.42 Å². The first-order chi connectivity index (χ1) is 18.2. The zero-order chi connectivity index (χ0) is 25.0. The molecule has 0 radical (unpaired) electrons. The molecule has 2 N–H and O–H groups in total. The van der Waals surface area contributed by atoms with Crippen LogP contribution in [-0.2, 0) is 19.6 Å². The van der Waals surface area contributed by atoms with E-state index in [0.29, 0.717) is 12.1 Å². The molecule has 3 heterocycles. The largest absolute Gasteiger partial charge is 0.468 e. The Morgan fingerprint density at radius 3 is 2.73 bits per heavy atom. The molecule has 6 rings (SSSR count). The molecule has 2 aliphatic rings. The van der Waals surface area contributed by atoms with Crippen molar-refractivity contribution in [3.63, 3.8) is 0 Å². The normalized spacial score (nSPS) is 19.8. The van der Waals surface area contributed by atoms with Gasteiger partial charge in [0.1, 0.15) is 11.6 Å². The molecule has 2 aromatic carbocycles. The van der Waals surface area contributed by atoms with Crippen molar-refractivity contribution in [2.24, 2.45) is 4.99 Å². The van der Waals surface area contributed by atoms with Crippen LogP contribution in [-0.4, -0.2) is 33.2 Å². The summed E-state index contributed by atoms with van der Waals surface area (Å²) in [6.45, 7) is 4.55. The van der Waals surface area contributed by atoms with E-state index in [2.05, 4.69) is 81.7 Å². The van der Waals surface area contributed by atoms with Crippen molar-refractivity contribution in [1.82, 2.24) is 20.2 Å². The number of furan rings is 1. The van der Waals surface area contributed by atoms with E-state index in [1.165, 1.54) is 16.7 Å². The highest BCUT2D eigenvalue weighted by molar-refractivity contribution is 5.75. The van der Waals surface area contributed by atoms with Gasteiger partial charge in [0.2, 0.25) is 0 Å². The molecule has 3 unspecified atom stereocenters. The zero-order valence-corrected chi connectivity index (χ0v) is 21.2. The fourth-order valence-electron chi connectivity index (χ4n) is 5.30. The van der Waals surface area contributed by atoms with Crippen LogP contribution in [0.15, 0.2) is 100 Å². The third-order valence-corrected chi connectivity index (χ3v) is 7.40. The highest BCUT2D eigenvalue weighted by Gasteiger charge is 2.27. The molecular formula is C31H33N5O. The van der Waals surface area contributed by atoms with E-state index in [0.717, 1.165) is 55.1 Å². The van der Waals surface area contributed by atoms with Crippen molar-refractivity contribution in [3.05, 3.63) is 113 Å². The van der Waals surface area contributed by atoms with Gasteiger partial charge < -0.3 is 14.7 Å². The number of aliphatic imine (C=N–C) groups is 1. The monoisotopic (exact) mass is 491 g/mol. The number of aromatic nitrogens is 2. The average Bonchev–Trinajstić information content (AvgIpc) is 3.62. The summed E-state index contributed by atoms with van der Waals surface area (Å²) in [5.74, 6) is 1.96.